The number of rotatable bonds is 3. The Morgan fingerprint density at radius 3 is 2.79 bits per heavy atom. The highest BCUT2D eigenvalue weighted by molar-refractivity contribution is 5.94. The summed E-state index contributed by atoms with van der Waals surface area (Å²) >= 11 is 0. The number of carboxylic acid groups (broad SMARTS) is 1. The molecule has 0 aromatic heterocycles. The summed E-state index contributed by atoms with van der Waals surface area (Å²) in [4.78, 5) is 10.6. The minimum absolute atomic E-state index is 0.0981. The minimum Gasteiger partial charge on any atom is -0.491 e. The van der Waals surface area contributed by atoms with Gasteiger partial charge in [0, 0.05) is 5.69 Å². The third kappa shape index (κ3) is 1.76. The predicted molar refractivity (Wildman–Crippen MR) is 48.9 cm³/mol. The summed E-state index contributed by atoms with van der Waals surface area (Å²) < 4.78 is 18.3. The van der Waals surface area contributed by atoms with Crippen molar-refractivity contribution >= 4 is 11.7 Å². The quantitative estimate of drug-likeness (QED) is 0.723. The molecule has 0 saturated carbocycles. The molecule has 0 saturated heterocycles. The maximum Gasteiger partial charge on any atom is 0.340 e. The molecule has 3 N–H and O–H groups in total. The maximum absolute atomic E-state index is 13.4. The molecule has 5 heteroatoms. The van der Waals surface area contributed by atoms with E-state index >= 15 is 0 Å². The van der Waals surface area contributed by atoms with Gasteiger partial charge in [-0.2, -0.15) is 0 Å². The Kier molecular flexibility index (Phi) is 2.91. The van der Waals surface area contributed by atoms with Crippen molar-refractivity contribution in [1.82, 2.24) is 0 Å². The van der Waals surface area contributed by atoms with Crippen LogP contribution in [-0.2, 0) is 0 Å². The van der Waals surface area contributed by atoms with E-state index in [2.05, 4.69) is 0 Å². The van der Waals surface area contributed by atoms with Crippen LogP contribution in [0.4, 0.5) is 10.1 Å². The average Bonchev–Trinajstić information content (AvgIpc) is 2.10. The molecule has 14 heavy (non-hydrogen) atoms. The zero-order valence-corrected chi connectivity index (χ0v) is 7.58. The van der Waals surface area contributed by atoms with Crippen LogP contribution in [0, 0.1) is 5.82 Å². The highest BCUT2D eigenvalue weighted by Gasteiger charge is 2.18. The van der Waals surface area contributed by atoms with Crippen molar-refractivity contribution in [1.29, 1.82) is 0 Å². The monoisotopic (exact) mass is 199 g/mol. The molecule has 0 aliphatic heterocycles. The third-order valence-electron chi connectivity index (χ3n) is 1.65. The van der Waals surface area contributed by atoms with Crippen LogP contribution in [0.2, 0.25) is 0 Å². The van der Waals surface area contributed by atoms with E-state index in [1.54, 1.807) is 6.92 Å². The zero-order chi connectivity index (χ0) is 10.7. The molecule has 0 heterocycles. The van der Waals surface area contributed by atoms with Crippen molar-refractivity contribution < 1.29 is 19.0 Å². The molecule has 0 radical (unpaired) electrons. The zero-order valence-electron chi connectivity index (χ0n) is 7.58. The summed E-state index contributed by atoms with van der Waals surface area (Å²) in [6.45, 7) is 1.94. The van der Waals surface area contributed by atoms with Gasteiger partial charge >= 0.3 is 5.97 Å². The van der Waals surface area contributed by atoms with Crippen molar-refractivity contribution in [2.45, 2.75) is 6.92 Å². The lowest BCUT2D eigenvalue weighted by Crippen LogP contribution is -2.07. The molecular weight excluding hydrogens is 189 g/mol. The van der Waals surface area contributed by atoms with Gasteiger partial charge in [0.1, 0.15) is 5.56 Å². The van der Waals surface area contributed by atoms with E-state index in [4.69, 9.17) is 15.6 Å². The van der Waals surface area contributed by atoms with Crippen LogP contribution in [0.1, 0.15) is 17.3 Å². The van der Waals surface area contributed by atoms with Crippen molar-refractivity contribution in [3.05, 3.63) is 23.5 Å². The largest absolute Gasteiger partial charge is 0.491 e. The number of nitrogens with two attached hydrogens (primary N) is 1. The summed E-state index contributed by atoms with van der Waals surface area (Å²) in [5.41, 5.74) is 4.65. The van der Waals surface area contributed by atoms with Gasteiger partial charge in [0.2, 0.25) is 0 Å². The van der Waals surface area contributed by atoms with E-state index in [0.717, 1.165) is 0 Å². The van der Waals surface area contributed by atoms with Gasteiger partial charge in [-0.15, -0.1) is 0 Å². The molecule has 0 aliphatic rings. The van der Waals surface area contributed by atoms with Gasteiger partial charge in [0.05, 0.1) is 6.61 Å². The smallest absolute Gasteiger partial charge is 0.340 e. The normalized spacial score (nSPS) is 9.86. The van der Waals surface area contributed by atoms with Crippen LogP contribution in [0.5, 0.6) is 5.75 Å². The molecule has 76 valence electrons. The molecule has 0 atom stereocenters. The van der Waals surface area contributed by atoms with Crippen LogP contribution in [0.3, 0.4) is 0 Å². The summed E-state index contributed by atoms with van der Waals surface area (Å²) in [6, 6.07) is 2.61. The SMILES string of the molecule is CCOc1ccc(N)c(C(=O)O)c1F. The van der Waals surface area contributed by atoms with Crippen LogP contribution in [0.25, 0.3) is 0 Å². The van der Waals surface area contributed by atoms with E-state index < -0.39 is 17.3 Å². The first-order chi connectivity index (χ1) is 6.57. The molecular formula is C9H10FNO3. The highest BCUT2D eigenvalue weighted by atomic mass is 19.1. The first-order valence-electron chi connectivity index (χ1n) is 4.02. The molecule has 0 amide bonds. The molecule has 4 nitrogen and oxygen atoms in total. The Morgan fingerprint density at radius 1 is 1.64 bits per heavy atom. The number of anilines is 1. The second kappa shape index (κ2) is 3.95. The molecule has 1 aromatic carbocycles. The van der Waals surface area contributed by atoms with Crippen molar-refractivity contribution in [2.75, 3.05) is 12.3 Å². The number of hydrogen-bond acceptors (Lipinski definition) is 3. The molecule has 0 spiro atoms. The number of carboxylic acids is 1. The van der Waals surface area contributed by atoms with Gasteiger partial charge in [0.15, 0.2) is 11.6 Å². The van der Waals surface area contributed by atoms with Gasteiger partial charge in [0.25, 0.3) is 0 Å². The fourth-order valence-corrected chi connectivity index (χ4v) is 1.06. The molecule has 0 bridgehead atoms. The summed E-state index contributed by atoms with van der Waals surface area (Å²) in [7, 11) is 0. The lowest BCUT2D eigenvalue weighted by Gasteiger charge is -2.08. The van der Waals surface area contributed by atoms with Gasteiger partial charge in [-0.25, -0.2) is 9.18 Å². The Hall–Kier alpha value is -1.78. The number of nitrogen functional groups attached to an aromatic ring is 1. The molecule has 0 fully saturated rings. The fourth-order valence-electron chi connectivity index (χ4n) is 1.06. The highest BCUT2D eigenvalue weighted by Crippen LogP contribution is 2.25. The van der Waals surface area contributed by atoms with Gasteiger partial charge in [-0.1, -0.05) is 0 Å². The number of hydrogen-bond donors (Lipinski definition) is 2. The topological polar surface area (TPSA) is 72.5 Å². The maximum atomic E-state index is 13.4. The minimum atomic E-state index is -1.40. The third-order valence-corrected chi connectivity index (χ3v) is 1.65. The lowest BCUT2D eigenvalue weighted by atomic mass is 10.1. The Morgan fingerprint density at radius 2 is 2.29 bits per heavy atom. The van der Waals surface area contributed by atoms with Gasteiger partial charge in [-0.3, -0.25) is 0 Å². The van der Waals surface area contributed by atoms with Crippen LogP contribution in [0.15, 0.2) is 12.1 Å². The number of carbonyl (C=O) groups is 1. The van der Waals surface area contributed by atoms with Crippen molar-refractivity contribution in [2.24, 2.45) is 0 Å². The summed E-state index contributed by atoms with van der Waals surface area (Å²) in [5.74, 6) is -2.43. The van der Waals surface area contributed by atoms with Gasteiger partial charge < -0.3 is 15.6 Å². The van der Waals surface area contributed by atoms with E-state index in [9.17, 15) is 9.18 Å². The van der Waals surface area contributed by atoms with Gasteiger partial charge in [-0.05, 0) is 19.1 Å². The number of ether oxygens (including phenoxy) is 1. The average molecular weight is 199 g/mol. The van der Waals surface area contributed by atoms with E-state index in [1.807, 2.05) is 0 Å². The summed E-state index contributed by atoms with van der Waals surface area (Å²) in [5, 5.41) is 8.66. The molecule has 0 unspecified atom stereocenters. The number of benzene rings is 1. The molecule has 1 aromatic rings. The summed E-state index contributed by atoms with van der Waals surface area (Å²) in [6.07, 6.45) is 0. The lowest BCUT2D eigenvalue weighted by molar-refractivity contribution is 0.0692. The second-order valence-electron chi connectivity index (χ2n) is 2.58. The first-order valence-corrected chi connectivity index (χ1v) is 4.02. The fraction of sp³-hybridized carbons (Fsp3) is 0.222. The van der Waals surface area contributed by atoms with E-state index in [-0.39, 0.29) is 18.0 Å². The number of halogens is 1. The van der Waals surface area contributed by atoms with Crippen LogP contribution < -0.4 is 10.5 Å². The molecule has 0 aliphatic carbocycles. The van der Waals surface area contributed by atoms with E-state index in [1.165, 1.54) is 12.1 Å². The molecule has 1 rings (SSSR count). The second-order valence-corrected chi connectivity index (χ2v) is 2.58. The standard InChI is InChI=1S/C9H10FNO3/c1-2-14-6-4-3-5(11)7(8(6)10)9(12)13/h3-4H,2,11H2,1H3,(H,12,13). The Balaban J connectivity index is 3.26. The van der Waals surface area contributed by atoms with Crippen LogP contribution in [-0.4, -0.2) is 17.7 Å². The van der Waals surface area contributed by atoms with Crippen molar-refractivity contribution in [3.8, 4) is 5.75 Å². The first kappa shape index (κ1) is 10.3. The van der Waals surface area contributed by atoms with E-state index in [0.29, 0.717) is 0 Å². The Bertz CT molecular complexity index is 365. The predicted octanol–water partition coefficient (Wildman–Crippen LogP) is 1.50. The van der Waals surface area contributed by atoms with Crippen molar-refractivity contribution in [3.63, 3.8) is 0 Å². The van der Waals surface area contributed by atoms with Crippen LogP contribution >= 0.6 is 0 Å². The Labute approximate surface area is 80.1 Å². The number of aromatic carboxylic acids is 1.